The van der Waals surface area contributed by atoms with Gasteiger partial charge < -0.3 is 15.0 Å². The van der Waals surface area contributed by atoms with E-state index in [4.69, 9.17) is 4.74 Å². The lowest BCUT2D eigenvalue weighted by Gasteiger charge is -2.31. The van der Waals surface area contributed by atoms with Crippen molar-refractivity contribution in [3.63, 3.8) is 0 Å². The molecule has 0 spiro atoms. The van der Waals surface area contributed by atoms with Gasteiger partial charge in [0.1, 0.15) is 0 Å². The molecule has 0 aromatic rings. The Balaban J connectivity index is 2.34. The number of nitrogens with zero attached hydrogens (tertiary/aromatic N) is 1. The first-order valence-corrected chi connectivity index (χ1v) is 6.80. The van der Waals surface area contributed by atoms with Crippen LogP contribution in [0.2, 0.25) is 0 Å². The van der Waals surface area contributed by atoms with Gasteiger partial charge in [0, 0.05) is 19.1 Å². The monoisotopic (exact) mass is 256 g/mol. The Bertz CT molecular complexity index is 286. The SMILES string of the molecule is CCOC(=O)C1CCN(C(=O)NC(C)CC)CC1. The molecule has 0 aliphatic carbocycles. The molecule has 18 heavy (non-hydrogen) atoms. The lowest BCUT2D eigenvalue weighted by atomic mass is 9.97. The highest BCUT2D eigenvalue weighted by Crippen LogP contribution is 2.18. The van der Waals surface area contributed by atoms with E-state index < -0.39 is 0 Å². The first-order chi connectivity index (χ1) is 8.58. The van der Waals surface area contributed by atoms with Gasteiger partial charge in [-0.25, -0.2) is 4.79 Å². The molecule has 1 saturated heterocycles. The van der Waals surface area contributed by atoms with Crippen LogP contribution < -0.4 is 5.32 Å². The number of esters is 1. The predicted octanol–water partition coefficient (Wildman–Crippen LogP) is 1.77. The van der Waals surface area contributed by atoms with Crippen LogP contribution >= 0.6 is 0 Å². The van der Waals surface area contributed by atoms with Crippen LogP contribution in [0.25, 0.3) is 0 Å². The van der Waals surface area contributed by atoms with E-state index >= 15 is 0 Å². The van der Waals surface area contributed by atoms with E-state index in [1.54, 1.807) is 4.90 Å². The molecule has 1 aliphatic rings. The van der Waals surface area contributed by atoms with Crippen LogP contribution in [0.3, 0.4) is 0 Å². The van der Waals surface area contributed by atoms with Gasteiger partial charge in [0.2, 0.25) is 0 Å². The second-order valence-electron chi connectivity index (χ2n) is 4.77. The predicted molar refractivity (Wildman–Crippen MR) is 69.2 cm³/mol. The smallest absolute Gasteiger partial charge is 0.317 e. The standard InChI is InChI=1S/C13H24N2O3/c1-4-10(3)14-13(17)15-8-6-11(7-9-15)12(16)18-5-2/h10-11H,4-9H2,1-3H3,(H,14,17). The number of carbonyl (C=O) groups excluding carboxylic acids is 2. The van der Waals surface area contributed by atoms with Gasteiger partial charge in [-0.05, 0) is 33.1 Å². The molecule has 0 bridgehead atoms. The Morgan fingerprint density at radius 1 is 1.33 bits per heavy atom. The molecule has 1 atom stereocenters. The fraction of sp³-hybridized carbons (Fsp3) is 0.846. The minimum Gasteiger partial charge on any atom is -0.466 e. The van der Waals surface area contributed by atoms with Gasteiger partial charge in [-0.2, -0.15) is 0 Å². The molecular formula is C13H24N2O3. The van der Waals surface area contributed by atoms with Crippen molar-refractivity contribution in [3.8, 4) is 0 Å². The molecule has 1 unspecified atom stereocenters. The maximum atomic E-state index is 11.9. The lowest BCUT2D eigenvalue weighted by Crippen LogP contribution is -2.47. The molecule has 0 saturated carbocycles. The zero-order valence-electron chi connectivity index (χ0n) is 11.6. The van der Waals surface area contributed by atoms with E-state index in [-0.39, 0.29) is 24.0 Å². The minimum absolute atomic E-state index is 0.0216. The van der Waals surface area contributed by atoms with E-state index in [1.807, 2.05) is 20.8 Å². The van der Waals surface area contributed by atoms with Gasteiger partial charge in [-0.3, -0.25) is 4.79 Å². The molecule has 0 aromatic heterocycles. The minimum atomic E-state index is -0.125. The second kappa shape index (κ2) is 7.24. The molecule has 1 rings (SSSR count). The highest BCUT2D eigenvalue weighted by molar-refractivity contribution is 5.76. The number of ether oxygens (including phenoxy) is 1. The summed E-state index contributed by atoms with van der Waals surface area (Å²) in [5, 5.41) is 2.94. The normalized spacial score (nSPS) is 18.3. The van der Waals surface area contributed by atoms with Crippen molar-refractivity contribution in [2.75, 3.05) is 19.7 Å². The lowest BCUT2D eigenvalue weighted by molar-refractivity contribution is -0.149. The fourth-order valence-electron chi connectivity index (χ4n) is 1.98. The molecule has 0 aromatic carbocycles. The van der Waals surface area contributed by atoms with Gasteiger partial charge >= 0.3 is 12.0 Å². The molecule has 2 amide bonds. The van der Waals surface area contributed by atoms with Crippen LogP contribution in [0.5, 0.6) is 0 Å². The van der Waals surface area contributed by atoms with Crippen molar-refractivity contribution >= 4 is 12.0 Å². The maximum Gasteiger partial charge on any atom is 0.317 e. The molecular weight excluding hydrogens is 232 g/mol. The van der Waals surface area contributed by atoms with Crippen LogP contribution in [0, 0.1) is 5.92 Å². The molecule has 104 valence electrons. The zero-order valence-corrected chi connectivity index (χ0v) is 11.6. The molecule has 1 N–H and O–H groups in total. The van der Waals surface area contributed by atoms with Crippen LogP contribution in [0.15, 0.2) is 0 Å². The van der Waals surface area contributed by atoms with Gasteiger partial charge in [0.25, 0.3) is 0 Å². The van der Waals surface area contributed by atoms with Crippen molar-refractivity contribution in [2.45, 2.75) is 46.1 Å². The Morgan fingerprint density at radius 3 is 2.44 bits per heavy atom. The summed E-state index contributed by atoms with van der Waals surface area (Å²) in [5.41, 5.74) is 0. The van der Waals surface area contributed by atoms with Crippen LogP contribution in [0.1, 0.15) is 40.0 Å². The summed E-state index contributed by atoms with van der Waals surface area (Å²) >= 11 is 0. The Morgan fingerprint density at radius 2 is 1.94 bits per heavy atom. The number of likely N-dealkylation sites (tertiary alicyclic amines) is 1. The van der Waals surface area contributed by atoms with Crippen molar-refractivity contribution in [1.82, 2.24) is 10.2 Å². The number of piperidine rings is 1. The third kappa shape index (κ3) is 4.20. The van der Waals surface area contributed by atoms with E-state index in [9.17, 15) is 9.59 Å². The molecule has 1 fully saturated rings. The summed E-state index contributed by atoms with van der Waals surface area (Å²) in [6, 6.07) is 0.173. The van der Waals surface area contributed by atoms with Crippen molar-refractivity contribution in [3.05, 3.63) is 0 Å². The third-order valence-electron chi connectivity index (χ3n) is 3.38. The second-order valence-corrected chi connectivity index (χ2v) is 4.77. The first kappa shape index (κ1) is 14.8. The number of nitrogens with one attached hydrogen (secondary N) is 1. The largest absolute Gasteiger partial charge is 0.466 e. The zero-order chi connectivity index (χ0) is 13.5. The summed E-state index contributed by atoms with van der Waals surface area (Å²) in [7, 11) is 0. The summed E-state index contributed by atoms with van der Waals surface area (Å²) in [6.07, 6.45) is 2.32. The Labute approximate surface area is 109 Å². The van der Waals surface area contributed by atoms with Gasteiger partial charge in [-0.1, -0.05) is 6.92 Å². The first-order valence-electron chi connectivity index (χ1n) is 6.80. The molecule has 5 heteroatoms. The van der Waals surface area contributed by atoms with Crippen LogP contribution in [-0.2, 0) is 9.53 Å². The van der Waals surface area contributed by atoms with E-state index in [0.717, 1.165) is 6.42 Å². The average Bonchev–Trinajstić information content (AvgIpc) is 2.39. The molecule has 1 heterocycles. The highest BCUT2D eigenvalue weighted by atomic mass is 16.5. The van der Waals surface area contributed by atoms with Crippen molar-refractivity contribution in [2.24, 2.45) is 5.92 Å². The number of carbonyl (C=O) groups is 2. The van der Waals surface area contributed by atoms with E-state index in [2.05, 4.69) is 5.32 Å². The van der Waals surface area contributed by atoms with Crippen LogP contribution in [0.4, 0.5) is 4.79 Å². The fourth-order valence-corrected chi connectivity index (χ4v) is 1.98. The van der Waals surface area contributed by atoms with Crippen LogP contribution in [-0.4, -0.2) is 42.6 Å². The summed E-state index contributed by atoms with van der Waals surface area (Å²) < 4.78 is 5.00. The maximum absolute atomic E-state index is 11.9. The van der Waals surface area contributed by atoms with Gasteiger partial charge in [0.15, 0.2) is 0 Å². The molecule has 0 radical (unpaired) electrons. The number of rotatable bonds is 4. The Kier molecular flexibility index (Phi) is 5.95. The Hall–Kier alpha value is -1.26. The highest BCUT2D eigenvalue weighted by Gasteiger charge is 2.28. The quantitative estimate of drug-likeness (QED) is 0.780. The summed E-state index contributed by atoms with van der Waals surface area (Å²) in [5.74, 6) is -0.169. The number of urea groups is 1. The summed E-state index contributed by atoms with van der Waals surface area (Å²) in [6.45, 7) is 7.53. The van der Waals surface area contributed by atoms with E-state index in [1.165, 1.54) is 0 Å². The average molecular weight is 256 g/mol. The van der Waals surface area contributed by atoms with E-state index in [0.29, 0.717) is 32.5 Å². The number of hydrogen-bond acceptors (Lipinski definition) is 3. The molecule has 1 aliphatic heterocycles. The van der Waals surface area contributed by atoms with Crippen molar-refractivity contribution < 1.29 is 14.3 Å². The number of amides is 2. The molecule has 5 nitrogen and oxygen atoms in total. The van der Waals surface area contributed by atoms with Gasteiger partial charge in [0.05, 0.1) is 12.5 Å². The summed E-state index contributed by atoms with van der Waals surface area (Å²) in [4.78, 5) is 25.2. The topological polar surface area (TPSA) is 58.6 Å². The van der Waals surface area contributed by atoms with Gasteiger partial charge in [-0.15, -0.1) is 0 Å². The number of hydrogen-bond donors (Lipinski definition) is 1. The van der Waals surface area contributed by atoms with Crippen molar-refractivity contribution in [1.29, 1.82) is 0 Å². The third-order valence-corrected chi connectivity index (χ3v) is 3.38.